The van der Waals surface area contributed by atoms with Gasteiger partial charge in [0.25, 0.3) is 0 Å². The van der Waals surface area contributed by atoms with Gasteiger partial charge in [0, 0.05) is 10.8 Å². The maximum Gasteiger partial charge on any atom is 0.138 e. The van der Waals surface area contributed by atoms with E-state index in [0.29, 0.717) is 10.8 Å². The Kier molecular flexibility index (Phi) is 3.44. The van der Waals surface area contributed by atoms with Crippen molar-refractivity contribution in [3.63, 3.8) is 0 Å². The van der Waals surface area contributed by atoms with Crippen LogP contribution in [0.3, 0.4) is 0 Å². The quantitative estimate of drug-likeness (QED) is 0.760. The van der Waals surface area contributed by atoms with E-state index < -0.39 is 0 Å². The van der Waals surface area contributed by atoms with Crippen molar-refractivity contribution in [1.29, 1.82) is 0 Å². The first-order valence-electron chi connectivity index (χ1n) is 4.67. The zero-order valence-electron chi connectivity index (χ0n) is 8.88. The molecule has 0 heterocycles. The standard InChI is InChI=1S/C12H10ClIO2/c1-15-9-5-4-8-7(11(9)13)3-6-10(16-2)12(8)14/h3-6H,1-2H3. The van der Waals surface area contributed by atoms with Gasteiger partial charge in [0.15, 0.2) is 0 Å². The monoisotopic (exact) mass is 348 g/mol. The SMILES string of the molecule is COc1ccc2c(I)c(OC)ccc2c1Cl. The number of ether oxygens (including phenoxy) is 2. The van der Waals surface area contributed by atoms with E-state index in [9.17, 15) is 0 Å². The number of halogens is 2. The molecular weight excluding hydrogens is 338 g/mol. The van der Waals surface area contributed by atoms with Gasteiger partial charge in [-0.05, 0) is 46.9 Å². The second-order valence-electron chi connectivity index (χ2n) is 3.26. The van der Waals surface area contributed by atoms with Crippen LogP contribution in [0.1, 0.15) is 0 Å². The van der Waals surface area contributed by atoms with Gasteiger partial charge in [0.05, 0.1) is 22.8 Å². The number of hydrogen-bond acceptors (Lipinski definition) is 2. The number of fused-ring (bicyclic) bond motifs is 1. The molecule has 0 N–H and O–H groups in total. The maximum atomic E-state index is 6.24. The van der Waals surface area contributed by atoms with Crippen molar-refractivity contribution in [3.8, 4) is 11.5 Å². The Morgan fingerprint density at radius 2 is 1.50 bits per heavy atom. The summed E-state index contributed by atoms with van der Waals surface area (Å²) in [6, 6.07) is 7.72. The molecule has 0 aliphatic carbocycles. The third-order valence-corrected chi connectivity index (χ3v) is 3.94. The van der Waals surface area contributed by atoms with Gasteiger partial charge in [0.2, 0.25) is 0 Å². The lowest BCUT2D eigenvalue weighted by atomic mass is 10.1. The van der Waals surface area contributed by atoms with E-state index in [1.165, 1.54) is 0 Å². The van der Waals surface area contributed by atoms with Crippen LogP contribution in [0.15, 0.2) is 24.3 Å². The summed E-state index contributed by atoms with van der Waals surface area (Å²) < 4.78 is 11.5. The minimum absolute atomic E-state index is 0.639. The van der Waals surface area contributed by atoms with E-state index in [2.05, 4.69) is 22.6 Å². The molecule has 0 saturated heterocycles. The maximum absolute atomic E-state index is 6.24. The van der Waals surface area contributed by atoms with Crippen LogP contribution < -0.4 is 9.47 Å². The van der Waals surface area contributed by atoms with Gasteiger partial charge in [-0.3, -0.25) is 0 Å². The molecule has 0 aliphatic heterocycles. The van der Waals surface area contributed by atoms with E-state index in [1.807, 2.05) is 24.3 Å². The summed E-state index contributed by atoms with van der Waals surface area (Å²) in [5, 5.41) is 2.69. The second-order valence-corrected chi connectivity index (χ2v) is 4.72. The van der Waals surface area contributed by atoms with E-state index >= 15 is 0 Å². The third-order valence-electron chi connectivity index (χ3n) is 2.44. The first-order valence-corrected chi connectivity index (χ1v) is 6.13. The average Bonchev–Trinajstić information content (AvgIpc) is 2.31. The van der Waals surface area contributed by atoms with Crippen LogP contribution >= 0.6 is 34.2 Å². The van der Waals surface area contributed by atoms with Gasteiger partial charge < -0.3 is 9.47 Å². The minimum atomic E-state index is 0.639. The molecule has 0 aromatic heterocycles. The smallest absolute Gasteiger partial charge is 0.138 e. The average molecular weight is 349 g/mol. The highest BCUT2D eigenvalue weighted by Gasteiger charge is 2.10. The van der Waals surface area contributed by atoms with Gasteiger partial charge in [-0.25, -0.2) is 0 Å². The summed E-state index contributed by atoms with van der Waals surface area (Å²) in [5.41, 5.74) is 0. The summed E-state index contributed by atoms with van der Waals surface area (Å²) in [6.07, 6.45) is 0. The largest absolute Gasteiger partial charge is 0.496 e. The van der Waals surface area contributed by atoms with Crippen molar-refractivity contribution < 1.29 is 9.47 Å². The molecule has 0 bridgehead atoms. The summed E-state index contributed by atoms with van der Waals surface area (Å²) in [4.78, 5) is 0. The molecule has 2 aromatic rings. The fraction of sp³-hybridized carbons (Fsp3) is 0.167. The molecule has 2 nitrogen and oxygen atoms in total. The molecule has 2 aromatic carbocycles. The van der Waals surface area contributed by atoms with Crippen molar-refractivity contribution >= 4 is 45.0 Å². The lowest BCUT2D eigenvalue weighted by molar-refractivity contribution is 0.412. The molecule has 0 radical (unpaired) electrons. The fourth-order valence-electron chi connectivity index (χ4n) is 1.61. The molecular formula is C12H10ClIO2. The zero-order chi connectivity index (χ0) is 11.7. The molecule has 4 heteroatoms. The first-order chi connectivity index (χ1) is 7.69. The molecule has 0 fully saturated rings. The van der Waals surface area contributed by atoms with Gasteiger partial charge in [-0.15, -0.1) is 0 Å². The molecule has 0 atom stereocenters. The zero-order valence-corrected chi connectivity index (χ0v) is 11.8. The van der Waals surface area contributed by atoms with Crippen molar-refractivity contribution in [3.05, 3.63) is 32.9 Å². The molecule has 0 saturated carbocycles. The van der Waals surface area contributed by atoms with Crippen molar-refractivity contribution in [2.75, 3.05) is 14.2 Å². The highest BCUT2D eigenvalue weighted by molar-refractivity contribution is 14.1. The number of hydrogen-bond donors (Lipinski definition) is 0. The number of benzene rings is 2. The minimum Gasteiger partial charge on any atom is -0.496 e. The van der Waals surface area contributed by atoms with E-state index in [4.69, 9.17) is 21.1 Å². The molecule has 0 aliphatic rings. The van der Waals surface area contributed by atoms with Crippen LogP contribution in [0.2, 0.25) is 5.02 Å². The summed E-state index contributed by atoms with van der Waals surface area (Å²) in [6.45, 7) is 0. The molecule has 0 unspecified atom stereocenters. The van der Waals surface area contributed by atoms with E-state index in [1.54, 1.807) is 14.2 Å². The van der Waals surface area contributed by atoms with Crippen LogP contribution in [0.4, 0.5) is 0 Å². The summed E-state index contributed by atoms with van der Waals surface area (Å²) in [7, 11) is 3.27. The fourth-order valence-corrected chi connectivity index (χ4v) is 2.78. The molecule has 0 spiro atoms. The topological polar surface area (TPSA) is 18.5 Å². The number of rotatable bonds is 2. The molecule has 16 heavy (non-hydrogen) atoms. The Bertz CT molecular complexity index is 491. The number of methoxy groups -OCH3 is 2. The Labute approximate surface area is 113 Å². The van der Waals surface area contributed by atoms with Gasteiger partial charge >= 0.3 is 0 Å². The third kappa shape index (κ3) is 1.82. The van der Waals surface area contributed by atoms with Gasteiger partial charge in [-0.2, -0.15) is 0 Å². The van der Waals surface area contributed by atoms with Crippen LogP contribution in [0, 0.1) is 3.57 Å². The lowest BCUT2D eigenvalue weighted by Crippen LogP contribution is -1.90. The second kappa shape index (κ2) is 4.67. The molecule has 2 rings (SSSR count). The molecule has 84 valence electrons. The summed E-state index contributed by atoms with van der Waals surface area (Å²) >= 11 is 8.49. The van der Waals surface area contributed by atoms with E-state index in [0.717, 1.165) is 20.1 Å². The van der Waals surface area contributed by atoms with Gasteiger partial charge in [-0.1, -0.05) is 11.6 Å². The van der Waals surface area contributed by atoms with E-state index in [-0.39, 0.29) is 0 Å². The Hall–Kier alpha value is -0.680. The van der Waals surface area contributed by atoms with Crippen molar-refractivity contribution in [2.24, 2.45) is 0 Å². The Balaban J connectivity index is 2.78. The normalized spacial score (nSPS) is 10.5. The van der Waals surface area contributed by atoms with Crippen LogP contribution in [0.5, 0.6) is 11.5 Å². The van der Waals surface area contributed by atoms with Gasteiger partial charge in [0.1, 0.15) is 11.5 Å². The van der Waals surface area contributed by atoms with Crippen molar-refractivity contribution in [2.45, 2.75) is 0 Å². The highest BCUT2D eigenvalue weighted by Crippen LogP contribution is 2.37. The summed E-state index contributed by atoms with van der Waals surface area (Å²) in [5.74, 6) is 1.55. The van der Waals surface area contributed by atoms with Crippen LogP contribution in [0.25, 0.3) is 10.8 Å². The molecule has 0 amide bonds. The Morgan fingerprint density at radius 1 is 0.938 bits per heavy atom. The predicted molar refractivity (Wildman–Crippen MR) is 74.8 cm³/mol. The predicted octanol–water partition coefficient (Wildman–Crippen LogP) is 4.12. The van der Waals surface area contributed by atoms with Crippen molar-refractivity contribution in [1.82, 2.24) is 0 Å². The van der Waals surface area contributed by atoms with Crippen LogP contribution in [-0.2, 0) is 0 Å². The first kappa shape index (κ1) is 11.8. The Morgan fingerprint density at radius 3 is 2.12 bits per heavy atom. The highest BCUT2D eigenvalue weighted by atomic mass is 127. The lowest BCUT2D eigenvalue weighted by Gasteiger charge is -2.10. The van der Waals surface area contributed by atoms with Crippen LogP contribution in [-0.4, -0.2) is 14.2 Å².